The molecule has 3 rings (SSSR count). The minimum absolute atomic E-state index is 0.0131. The first kappa shape index (κ1) is 24.8. The minimum atomic E-state index is -1.22. The predicted molar refractivity (Wildman–Crippen MR) is 122 cm³/mol. The Kier molecular flexibility index (Phi) is 8.25. The lowest BCUT2D eigenvalue weighted by Crippen LogP contribution is -2.53. The first-order valence-electron chi connectivity index (χ1n) is 10.9. The van der Waals surface area contributed by atoms with Gasteiger partial charge in [-0.25, -0.2) is 0 Å². The summed E-state index contributed by atoms with van der Waals surface area (Å²) in [6.45, 7) is 3.39. The van der Waals surface area contributed by atoms with Gasteiger partial charge < -0.3 is 35.7 Å². The van der Waals surface area contributed by atoms with Crippen LogP contribution in [0.2, 0.25) is 0 Å². The first-order chi connectivity index (χ1) is 16.3. The molecule has 182 valence electrons. The van der Waals surface area contributed by atoms with Gasteiger partial charge in [-0.1, -0.05) is 6.07 Å². The normalized spacial score (nSPS) is 19.2. The van der Waals surface area contributed by atoms with Crippen molar-refractivity contribution < 1.29 is 29.0 Å². The summed E-state index contributed by atoms with van der Waals surface area (Å²) in [4.78, 5) is 54.8. The number of aromatic nitrogens is 1. The van der Waals surface area contributed by atoms with Crippen LogP contribution >= 0.6 is 0 Å². The molecule has 1 aromatic heterocycles. The number of aryl methyl sites for hydroxylation is 1. The maximum Gasteiger partial charge on any atom is 0.255 e. The van der Waals surface area contributed by atoms with Gasteiger partial charge in [-0.05, 0) is 37.6 Å². The molecule has 1 aromatic carbocycles. The van der Waals surface area contributed by atoms with Crippen LogP contribution in [-0.2, 0) is 9.59 Å². The fourth-order valence-corrected chi connectivity index (χ4v) is 3.42. The van der Waals surface area contributed by atoms with Crippen molar-refractivity contribution in [3.8, 4) is 5.75 Å². The number of aromatic amines is 1. The van der Waals surface area contributed by atoms with Crippen LogP contribution in [0.3, 0.4) is 0 Å². The largest absolute Gasteiger partial charge is 0.491 e. The molecule has 0 spiro atoms. The van der Waals surface area contributed by atoms with E-state index in [2.05, 4.69) is 20.9 Å². The molecule has 0 aliphatic carbocycles. The summed E-state index contributed by atoms with van der Waals surface area (Å²) in [6, 6.07) is 5.21. The standard InChI is InChI=1S/C23H29N5O6/c1-14-3-4-16-11-18(14)34-10-8-25-19(30)13-28(23(33)17-5-6-24-12-17)9-7-26-22(32)20(15(2)29)27-21(16)31/h3-6,11-12,15,20,24,29H,7-10,13H2,1-2H3,(H,25,30)(H,26,32)(H,27,31)/t15-,20+/m1/s1. The van der Waals surface area contributed by atoms with Crippen LogP contribution in [0.5, 0.6) is 5.75 Å². The van der Waals surface area contributed by atoms with Crippen LogP contribution in [0.25, 0.3) is 0 Å². The molecule has 2 aromatic rings. The summed E-state index contributed by atoms with van der Waals surface area (Å²) in [5, 5.41) is 18.0. The molecule has 0 saturated carbocycles. The molecule has 0 radical (unpaired) electrons. The Hall–Kier alpha value is -3.86. The smallest absolute Gasteiger partial charge is 0.255 e. The van der Waals surface area contributed by atoms with Gasteiger partial charge in [-0.15, -0.1) is 0 Å². The van der Waals surface area contributed by atoms with Gasteiger partial charge in [0.05, 0.1) is 24.8 Å². The van der Waals surface area contributed by atoms with E-state index < -0.39 is 24.0 Å². The lowest BCUT2D eigenvalue weighted by Gasteiger charge is -2.24. The quantitative estimate of drug-likeness (QED) is 0.401. The first-order valence-corrected chi connectivity index (χ1v) is 10.9. The Labute approximate surface area is 196 Å². The summed E-state index contributed by atoms with van der Waals surface area (Å²) in [7, 11) is 0. The Balaban J connectivity index is 1.82. The van der Waals surface area contributed by atoms with Gasteiger partial charge in [0, 0.05) is 31.0 Å². The number of ether oxygens (including phenoxy) is 1. The molecule has 0 saturated heterocycles. The van der Waals surface area contributed by atoms with Gasteiger partial charge in [-0.3, -0.25) is 19.2 Å². The lowest BCUT2D eigenvalue weighted by molar-refractivity contribution is -0.125. The Morgan fingerprint density at radius 1 is 1.18 bits per heavy atom. The van der Waals surface area contributed by atoms with E-state index in [0.717, 1.165) is 5.56 Å². The number of amides is 4. The van der Waals surface area contributed by atoms with E-state index in [1.165, 1.54) is 18.0 Å². The van der Waals surface area contributed by atoms with Crippen LogP contribution < -0.4 is 20.7 Å². The van der Waals surface area contributed by atoms with Crippen LogP contribution in [0, 0.1) is 6.92 Å². The van der Waals surface area contributed by atoms with E-state index in [9.17, 15) is 24.3 Å². The Morgan fingerprint density at radius 3 is 2.68 bits per heavy atom. The number of nitrogens with zero attached hydrogens (tertiary/aromatic N) is 1. The van der Waals surface area contributed by atoms with E-state index >= 15 is 0 Å². The molecule has 4 amide bonds. The number of aliphatic hydroxyl groups excluding tert-OH is 1. The van der Waals surface area contributed by atoms with Crippen molar-refractivity contribution in [2.75, 3.05) is 32.8 Å². The van der Waals surface area contributed by atoms with Gasteiger partial charge in [0.2, 0.25) is 11.8 Å². The summed E-state index contributed by atoms with van der Waals surface area (Å²) < 4.78 is 5.72. The molecule has 5 N–H and O–H groups in total. The van der Waals surface area contributed by atoms with E-state index in [1.54, 1.807) is 30.5 Å². The van der Waals surface area contributed by atoms with Crippen LogP contribution in [0.15, 0.2) is 36.7 Å². The molecular formula is C23H29N5O6. The van der Waals surface area contributed by atoms with Crippen molar-refractivity contribution in [1.29, 1.82) is 0 Å². The molecule has 2 heterocycles. The third-order valence-electron chi connectivity index (χ3n) is 5.33. The average molecular weight is 472 g/mol. The monoisotopic (exact) mass is 471 g/mol. The van der Waals surface area contributed by atoms with Crippen molar-refractivity contribution in [1.82, 2.24) is 25.8 Å². The number of fused-ring (bicyclic) bond motifs is 2. The third kappa shape index (κ3) is 6.35. The van der Waals surface area contributed by atoms with Crippen molar-refractivity contribution in [2.24, 2.45) is 0 Å². The number of H-pyrrole nitrogens is 1. The van der Waals surface area contributed by atoms with Crippen LogP contribution in [0.1, 0.15) is 33.2 Å². The summed E-state index contributed by atoms with van der Waals surface area (Å²) in [6.07, 6.45) is 1.94. The number of hydrogen-bond donors (Lipinski definition) is 5. The predicted octanol–water partition coefficient (Wildman–Crippen LogP) is -0.430. The summed E-state index contributed by atoms with van der Waals surface area (Å²) >= 11 is 0. The third-order valence-corrected chi connectivity index (χ3v) is 5.33. The molecule has 2 atom stereocenters. The maximum absolute atomic E-state index is 12.8. The highest BCUT2D eigenvalue weighted by Gasteiger charge is 2.27. The highest BCUT2D eigenvalue weighted by Crippen LogP contribution is 2.20. The lowest BCUT2D eigenvalue weighted by atomic mass is 10.1. The molecule has 0 unspecified atom stereocenters. The van der Waals surface area contributed by atoms with E-state index in [1.807, 2.05) is 6.92 Å². The zero-order valence-corrected chi connectivity index (χ0v) is 19.1. The van der Waals surface area contributed by atoms with Gasteiger partial charge in [0.1, 0.15) is 18.4 Å². The van der Waals surface area contributed by atoms with Gasteiger partial charge in [0.15, 0.2) is 0 Å². The van der Waals surface area contributed by atoms with Crippen molar-refractivity contribution in [2.45, 2.75) is 26.0 Å². The number of aliphatic hydroxyl groups is 1. The topological polar surface area (TPSA) is 153 Å². The van der Waals surface area contributed by atoms with E-state index in [0.29, 0.717) is 11.3 Å². The number of rotatable bonds is 2. The highest BCUT2D eigenvalue weighted by molar-refractivity contribution is 5.98. The fraction of sp³-hybridized carbons (Fsp3) is 0.391. The highest BCUT2D eigenvalue weighted by atomic mass is 16.5. The molecule has 1 aliphatic heterocycles. The molecule has 0 fully saturated rings. The average Bonchev–Trinajstić information content (AvgIpc) is 3.34. The molecule has 11 heteroatoms. The van der Waals surface area contributed by atoms with E-state index in [-0.39, 0.29) is 50.2 Å². The maximum atomic E-state index is 12.8. The van der Waals surface area contributed by atoms with Crippen LogP contribution in [-0.4, -0.2) is 83.6 Å². The second-order valence-electron chi connectivity index (χ2n) is 7.99. The van der Waals surface area contributed by atoms with Crippen molar-refractivity contribution in [3.63, 3.8) is 0 Å². The van der Waals surface area contributed by atoms with Crippen LogP contribution in [0.4, 0.5) is 0 Å². The SMILES string of the molecule is Cc1ccc2cc1OCCNC(=O)CN(C(=O)c1cc[nH]c1)CCNC(=O)[C@H]([C@@H](C)O)NC2=O. The number of hydrogen-bond acceptors (Lipinski definition) is 6. The Morgan fingerprint density at radius 2 is 1.97 bits per heavy atom. The fourth-order valence-electron chi connectivity index (χ4n) is 3.42. The summed E-state index contributed by atoms with van der Waals surface area (Å²) in [5.41, 5.74) is 1.42. The van der Waals surface area contributed by atoms with Crippen molar-refractivity contribution >= 4 is 23.6 Å². The molecule has 2 bridgehead atoms. The second-order valence-corrected chi connectivity index (χ2v) is 7.99. The number of nitrogens with one attached hydrogen (secondary N) is 4. The van der Waals surface area contributed by atoms with E-state index in [4.69, 9.17) is 4.74 Å². The molecule has 1 aliphatic rings. The van der Waals surface area contributed by atoms with Gasteiger partial charge >= 0.3 is 0 Å². The zero-order valence-electron chi connectivity index (χ0n) is 19.1. The summed E-state index contributed by atoms with van der Waals surface area (Å²) in [5.74, 6) is -1.48. The minimum Gasteiger partial charge on any atom is -0.491 e. The number of carbonyl (C=O) groups is 4. The number of benzene rings is 1. The van der Waals surface area contributed by atoms with Gasteiger partial charge in [-0.2, -0.15) is 0 Å². The van der Waals surface area contributed by atoms with Gasteiger partial charge in [0.25, 0.3) is 11.8 Å². The van der Waals surface area contributed by atoms with Crippen molar-refractivity contribution in [3.05, 3.63) is 53.3 Å². The molecule has 11 nitrogen and oxygen atoms in total. The zero-order chi connectivity index (χ0) is 24.7. The molecular weight excluding hydrogens is 442 g/mol. The second kappa shape index (κ2) is 11.3. The number of carbonyl (C=O) groups excluding carboxylic acids is 4. The molecule has 34 heavy (non-hydrogen) atoms. The Bertz CT molecular complexity index is 1040.